The summed E-state index contributed by atoms with van der Waals surface area (Å²) in [5.41, 5.74) is 6.86. The summed E-state index contributed by atoms with van der Waals surface area (Å²) in [5, 5.41) is 1.15. The molecule has 1 aliphatic heterocycles. The van der Waals surface area contributed by atoms with Gasteiger partial charge in [0.2, 0.25) is 0 Å². The van der Waals surface area contributed by atoms with Crippen LogP contribution >= 0.6 is 23.1 Å². The van der Waals surface area contributed by atoms with Crippen LogP contribution in [0.2, 0.25) is 0 Å². The Balaban J connectivity index is 2.27. The van der Waals surface area contributed by atoms with Gasteiger partial charge >= 0.3 is 0 Å². The van der Waals surface area contributed by atoms with Crippen molar-refractivity contribution in [2.75, 3.05) is 63.7 Å². The van der Waals surface area contributed by atoms with Gasteiger partial charge in [-0.3, -0.25) is 4.79 Å². The number of carbonyl (C=O) groups excluding carboxylic acids is 1. The van der Waals surface area contributed by atoms with E-state index in [1.165, 1.54) is 11.3 Å². The molecule has 1 amide bonds. The molecule has 2 N–H and O–H groups in total. The van der Waals surface area contributed by atoms with E-state index >= 15 is 0 Å². The zero-order valence-corrected chi connectivity index (χ0v) is 14.8. The number of thioether (sulfide) groups is 1. The van der Waals surface area contributed by atoms with E-state index in [1.54, 1.807) is 30.8 Å². The second-order valence-electron chi connectivity index (χ2n) is 5.30. The fraction of sp³-hybridized carbons (Fsp3) is 0.643. The van der Waals surface area contributed by atoms with Crippen molar-refractivity contribution < 1.29 is 4.79 Å². The molecule has 118 valence electrons. The minimum absolute atomic E-state index is 0.00811. The third-order valence-corrected chi connectivity index (χ3v) is 6.00. The van der Waals surface area contributed by atoms with Crippen LogP contribution in [0.5, 0.6) is 0 Å². The number of amides is 1. The summed E-state index contributed by atoms with van der Waals surface area (Å²) >= 11 is 3.16. The van der Waals surface area contributed by atoms with Crippen molar-refractivity contribution in [3.63, 3.8) is 0 Å². The number of hydrogen-bond acceptors (Lipinski definition) is 6. The third-order valence-electron chi connectivity index (χ3n) is 3.79. The van der Waals surface area contributed by atoms with Crippen molar-refractivity contribution >= 4 is 39.7 Å². The quantitative estimate of drug-likeness (QED) is 0.856. The molecule has 0 unspecified atom stereocenters. The van der Waals surface area contributed by atoms with Crippen molar-refractivity contribution in [3.05, 3.63) is 4.88 Å². The largest absolute Gasteiger partial charge is 0.396 e. The molecule has 1 fully saturated rings. The first-order valence-corrected chi connectivity index (χ1v) is 9.18. The standard InChI is InChI=1S/C14H24N4OS2/c1-5-17-6-8-18(9-7-17)14-12(20-4)10(15)11(21-14)13(19)16(2)3/h5-9,15H2,1-4H3. The van der Waals surface area contributed by atoms with Crippen LogP contribution in [0.25, 0.3) is 0 Å². The molecule has 0 aliphatic carbocycles. The van der Waals surface area contributed by atoms with Gasteiger partial charge in [-0.1, -0.05) is 6.92 Å². The number of nitrogens with zero attached hydrogens (tertiary/aromatic N) is 3. The molecule has 0 radical (unpaired) electrons. The number of likely N-dealkylation sites (N-methyl/N-ethyl adjacent to an activating group) is 1. The molecule has 2 heterocycles. The first-order valence-electron chi connectivity index (χ1n) is 7.14. The first-order chi connectivity index (χ1) is 9.99. The Hall–Kier alpha value is -0.920. The molecule has 21 heavy (non-hydrogen) atoms. The molecule has 0 saturated carbocycles. The Morgan fingerprint density at radius 3 is 2.43 bits per heavy atom. The molecule has 7 heteroatoms. The molecule has 0 spiro atoms. The monoisotopic (exact) mass is 328 g/mol. The smallest absolute Gasteiger partial charge is 0.265 e. The first kappa shape index (κ1) is 16.5. The van der Waals surface area contributed by atoms with Crippen LogP contribution in [-0.4, -0.2) is 68.8 Å². The molecule has 1 aromatic heterocycles. The second kappa shape index (κ2) is 6.89. The van der Waals surface area contributed by atoms with Gasteiger partial charge in [0.25, 0.3) is 5.91 Å². The number of nitrogen functional groups attached to an aromatic ring is 1. The van der Waals surface area contributed by atoms with Crippen molar-refractivity contribution in [1.82, 2.24) is 9.80 Å². The van der Waals surface area contributed by atoms with E-state index in [4.69, 9.17) is 5.73 Å². The topological polar surface area (TPSA) is 52.8 Å². The summed E-state index contributed by atoms with van der Waals surface area (Å²) in [6.07, 6.45) is 2.02. The Morgan fingerprint density at radius 2 is 1.95 bits per heavy atom. The summed E-state index contributed by atoms with van der Waals surface area (Å²) in [6, 6.07) is 0. The molecule has 2 rings (SSSR count). The fourth-order valence-corrected chi connectivity index (χ4v) is 4.71. The van der Waals surface area contributed by atoms with Gasteiger partial charge in [0.15, 0.2) is 0 Å². The van der Waals surface area contributed by atoms with E-state index in [9.17, 15) is 4.79 Å². The summed E-state index contributed by atoms with van der Waals surface area (Å²) < 4.78 is 0. The highest BCUT2D eigenvalue weighted by Gasteiger charge is 2.26. The highest BCUT2D eigenvalue weighted by molar-refractivity contribution is 7.99. The maximum atomic E-state index is 12.2. The van der Waals surface area contributed by atoms with E-state index in [2.05, 4.69) is 16.7 Å². The van der Waals surface area contributed by atoms with E-state index in [0.717, 1.165) is 42.6 Å². The normalized spacial score (nSPS) is 16.3. The lowest BCUT2D eigenvalue weighted by molar-refractivity contribution is 0.0833. The van der Waals surface area contributed by atoms with Crippen LogP contribution in [-0.2, 0) is 0 Å². The SMILES string of the molecule is CCN1CCN(c2sc(C(=O)N(C)C)c(N)c2SC)CC1. The number of anilines is 2. The van der Waals surface area contributed by atoms with Crippen LogP contribution in [0.1, 0.15) is 16.6 Å². The molecule has 0 atom stereocenters. The summed E-state index contributed by atoms with van der Waals surface area (Å²) in [4.78, 5) is 20.4. The number of piperazine rings is 1. The molecular formula is C14H24N4OS2. The Morgan fingerprint density at radius 1 is 1.33 bits per heavy atom. The summed E-state index contributed by atoms with van der Waals surface area (Å²) in [5.74, 6) is -0.00811. The average Bonchev–Trinajstić information content (AvgIpc) is 2.83. The van der Waals surface area contributed by atoms with Gasteiger partial charge in [-0.2, -0.15) is 0 Å². The highest BCUT2D eigenvalue weighted by Crippen LogP contribution is 2.44. The van der Waals surface area contributed by atoms with Crippen molar-refractivity contribution in [2.45, 2.75) is 11.8 Å². The van der Waals surface area contributed by atoms with Gasteiger partial charge < -0.3 is 20.4 Å². The van der Waals surface area contributed by atoms with Gasteiger partial charge in [-0.25, -0.2) is 0 Å². The summed E-state index contributed by atoms with van der Waals surface area (Å²) in [6.45, 7) is 7.42. The minimum atomic E-state index is -0.00811. The van der Waals surface area contributed by atoms with Gasteiger partial charge in [-0.05, 0) is 12.8 Å². The maximum absolute atomic E-state index is 12.2. The Kier molecular flexibility index (Phi) is 5.40. The van der Waals surface area contributed by atoms with Gasteiger partial charge in [0.1, 0.15) is 9.88 Å². The van der Waals surface area contributed by atoms with Gasteiger partial charge in [0.05, 0.1) is 10.6 Å². The number of carbonyl (C=O) groups is 1. The predicted octanol–water partition coefficient (Wildman–Crippen LogP) is 1.90. The molecule has 1 saturated heterocycles. The van der Waals surface area contributed by atoms with Crippen LogP contribution < -0.4 is 10.6 Å². The molecule has 5 nitrogen and oxygen atoms in total. The van der Waals surface area contributed by atoms with Gasteiger partial charge in [-0.15, -0.1) is 23.1 Å². The predicted molar refractivity (Wildman–Crippen MR) is 92.9 cm³/mol. The molecule has 1 aromatic rings. The minimum Gasteiger partial charge on any atom is -0.396 e. The second-order valence-corrected chi connectivity index (χ2v) is 7.12. The lowest BCUT2D eigenvalue weighted by Crippen LogP contribution is -2.46. The zero-order chi connectivity index (χ0) is 15.6. The Labute approximate surface area is 135 Å². The van der Waals surface area contributed by atoms with E-state index in [1.807, 2.05) is 6.26 Å². The van der Waals surface area contributed by atoms with Crippen LogP contribution in [0.15, 0.2) is 4.90 Å². The molecular weight excluding hydrogens is 304 g/mol. The number of nitrogens with two attached hydrogens (primary N) is 1. The lowest BCUT2D eigenvalue weighted by atomic mass is 10.3. The third kappa shape index (κ3) is 3.30. The van der Waals surface area contributed by atoms with E-state index in [-0.39, 0.29) is 5.91 Å². The molecule has 1 aliphatic rings. The van der Waals surface area contributed by atoms with Crippen molar-refractivity contribution in [1.29, 1.82) is 0 Å². The number of rotatable bonds is 4. The van der Waals surface area contributed by atoms with E-state index < -0.39 is 0 Å². The number of thiophene rings is 1. The van der Waals surface area contributed by atoms with Crippen LogP contribution in [0, 0.1) is 0 Å². The van der Waals surface area contributed by atoms with Crippen molar-refractivity contribution in [3.8, 4) is 0 Å². The molecule has 0 aromatic carbocycles. The Bertz CT molecular complexity index is 507. The molecule has 0 bridgehead atoms. The summed E-state index contributed by atoms with van der Waals surface area (Å²) in [7, 11) is 3.53. The lowest BCUT2D eigenvalue weighted by Gasteiger charge is -2.35. The number of hydrogen-bond donors (Lipinski definition) is 1. The van der Waals surface area contributed by atoms with Crippen LogP contribution in [0.4, 0.5) is 10.7 Å². The van der Waals surface area contributed by atoms with Crippen molar-refractivity contribution in [2.24, 2.45) is 0 Å². The highest BCUT2D eigenvalue weighted by atomic mass is 32.2. The van der Waals surface area contributed by atoms with Gasteiger partial charge in [0, 0.05) is 40.3 Å². The average molecular weight is 329 g/mol. The van der Waals surface area contributed by atoms with Crippen LogP contribution in [0.3, 0.4) is 0 Å². The zero-order valence-electron chi connectivity index (χ0n) is 13.2. The fourth-order valence-electron chi connectivity index (χ4n) is 2.45. The maximum Gasteiger partial charge on any atom is 0.265 e. The van der Waals surface area contributed by atoms with E-state index in [0.29, 0.717) is 10.6 Å².